The molecular formula is C22H38. The van der Waals surface area contributed by atoms with Crippen molar-refractivity contribution in [2.45, 2.75) is 105 Å². The zero-order chi connectivity index (χ0) is 17.7. The lowest BCUT2D eigenvalue weighted by molar-refractivity contribution is 0.477. The molecule has 0 spiro atoms. The molecule has 0 aromatic heterocycles. The standard InChI is InChI=1S/C22H38/c1-19(2,3)15-13-14-16(20(4,5)6)18(22(10,11)12)17(15)21(7,8)9/h13-14H,1-12H3. The highest BCUT2D eigenvalue weighted by Gasteiger charge is 2.35. The van der Waals surface area contributed by atoms with Crippen molar-refractivity contribution in [2.24, 2.45) is 0 Å². The quantitative estimate of drug-likeness (QED) is 0.490. The summed E-state index contributed by atoms with van der Waals surface area (Å²) in [5.74, 6) is 0. The van der Waals surface area contributed by atoms with Crippen LogP contribution in [0, 0.1) is 0 Å². The molecule has 0 aliphatic heterocycles. The molecule has 0 aliphatic carbocycles. The van der Waals surface area contributed by atoms with E-state index >= 15 is 0 Å². The molecule has 0 saturated carbocycles. The summed E-state index contributed by atoms with van der Waals surface area (Å²) in [6.07, 6.45) is 0. The molecule has 0 N–H and O–H groups in total. The van der Waals surface area contributed by atoms with E-state index in [9.17, 15) is 0 Å². The smallest absolute Gasteiger partial charge is 0.0126 e. The summed E-state index contributed by atoms with van der Waals surface area (Å²) in [5, 5.41) is 0. The molecule has 0 bridgehead atoms. The summed E-state index contributed by atoms with van der Waals surface area (Å²) < 4.78 is 0. The van der Waals surface area contributed by atoms with Crippen molar-refractivity contribution in [3.8, 4) is 0 Å². The Morgan fingerprint density at radius 1 is 0.409 bits per heavy atom. The zero-order valence-corrected chi connectivity index (χ0v) is 17.2. The van der Waals surface area contributed by atoms with Gasteiger partial charge in [0.2, 0.25) is 0 Å². The Morgan fingerprint density at radius 2 is 0.636 bits per heavy atom. The van der Waals surface area contributed by atoms with E-state index in [4.69, 9.17) is 0 Å². The minimum Gasteiger partial charge on any atom is -0.0579 e. The largest absolute Gasteiger partial charge is 0.0579 e. The molecule has 0 atom stereocenters. The first kappa shape index (κ1) is 19.3. The van der Waals surface area contributed by atoms with Gasteiger partial charge in [0.25, 0.3) is 0 Å². The minimum absolute atomic E-state index is 0.145. The van der Waals surface area contributed by atoms with Crippen LogP contribution in [0.25, 0.3) is 0 Å². The van der Waals surface area contributed by atoms with Gasteiger partial charge in [-0.15, -0.1) is 0 Å². The predicted molar refractivity (Wildman–Crippen MR) is 101 cm³/mol. The molecule has 0 heterocycles. The summed E-state index contributed by atoms with van der Waals surface area (Å²) in [4.78, 5) is 0. The van der Waals surface area contributed by atoms with Crippen LogP contribution in [-0.2, 0) is 21.7 Å². The first-order valence-corrected chi connectivity index (χ1v) is 8.66. The zero-order valence-electron chi connectivity index (χ0n) is 17.2. The molecule has 126 valence electrons. The summed E-state index contributed by atoms with van der Waals surface area (Å²) >= 11 is 0. The van der Waals surface area contributed by atoms with Crippen molar-refractivity contribution < 1.29 is 0 Å². The summed E-state index contributed by atoms with van der Waals surface area (Å²) in [6.45, 7) is 28.2. The Balaban J connectivity index is 4.02. The van der Waals surface area contributed by atoms with Gasteiger partial charge in [-0.3, -0.25) is 0 Å². The fourth-order valence-electron chi connectivity index (χ4n) is 3.41. The molecule has 0 nitrogen and oxygen atoms in total. The maximum atomic E-state index is 2.39. The van der Waals surface area contributed by atoms with E-state index in [2.05, 4.69) is 95.2 Å². The van der Waals surface area contributed by atoms with Gasteiger partial charge in [0.1, 0.15) is 0 Å². The maximum absolute atomic E-state index is 2.39. The summed E-state index contributed by atoms with van der Waals surface area (Å²) in [7, 11) is 0. The van der Waals surface area contributed by atoms with Crippen LogP contribution in [0.5, 0.6) is 0 Å². The van der Waals surface area contributed by atoms with E-state index in [1.807, 2.05) is 0 Å². The molecule has 22 heavy (non-hydrogen) atoms. The van der Waals surface area contributed by atoms with Gasteiger partial charge in [-0.25, -0.2) is 0 Å². The third-order valence-corrected chi connectivity index (χ3v) is 4.32. The van der Waals surface area contributed by atoms with Crippen LogP contribution in [0.3, 0.4) is 0 Å². The molecule has 0 fully saturated rings. The molecule has 0 unspecified atom stereocenters. The second-order valence-electron chi connectivity index (χ2n) is 10.9. The van der Waals surface area contributed by atoms with E-state index in [0.29, 0.717) is 0 Å². The molecule has 1 aromatic carbocycles. The van der Waals surface area contributed by atoms with Crippen molar-refractivity contribution >= 4 is 0 Å². The van der Waals surface area contributed by atoms with E-state index in [1.165, 1.54) is 11.1 Å². The average Bonchev–Trinajstić information content (AvgIpc) is 2.22. The van der Waals surface area contributed by atoms with E-state index in [0.717, 1.165) is 0 Å². The third-order valence-electron chi connectivity index (χ3n) is 4.32. The fourth-order valence-corrected chi connectivity index (χ4v) is 3.41. The second-order valence-corrected chi connectivity index (χ2v) is 10.9. The third kappa shape index (κ3) is 3.94. The van der Waals surface area contributed by atoms with Gasteiger partial charge < -0.3 is 0 Å². The van der Waals surface area contributed by atoms with Crippen LogP contribution in [0.2, 0.25) is 0 Å². The van der Waals surface area contributed by atoms with Gasteiger partial charge in [0.15, 0.2) is 0 Å². The molecule has 0 amide bonds. The average molecular weight is 303 g/mol. The lowest BCUT2D eigenvalue weighted by atomic mass is 9.64. The van der Waals surface area contributed by atoms with Crippen molar-refractivity contribution in [2.75, 3.05) is 0 Å². The van der Waals surface area contributed by atoms with Gasteiger partial charge in [0.05, 0.1) is 0 Å². The van der Waals surface area contributed by atoms with Gasteiger partial charge in [-0.2, -0.15) is 0 Å². The van der Waals surface area contributed by atoms with Crippen molar-refractivity contribution in [1.29, 1.82) is 0 Å². The van der Waals surface area contributed by atoms with Crippen molar-refractivity contribution in [3.63, 3.8) is 0 Å². The van der Waals surface area contributed by atoms with Crippen LogP contribution in [-0.4, -0.2) is 0 Å². The van der Waals surface area contributed by atoms with E-state index in [1.54, 1.807) is 11.1 Å². The minimum atomic E-state index is 0.145. The Labute approximate surface area is 139 Å². The second kappa shape index (κ2) is 5.39. The molecule has 0 heteroatoms. The molecule has 0 aliphatic rings. The van der Waals surface area contributed by atoms with E-state index < -0.39 is 0 Å². The lowest BCUT2D eigenvalue weighted by Crippen LogP contribution is -2.31. The van der Waals surface area contributed by atoms with Crippen LogP contribution in [0.15, 0.2) is 12.1 Å². The number of hydrogen-bond donors (Lipinski definition) is 0. The topological polar surface area (TPSA) is 0 Å². The molecule has 1 aromatic rings. The lowest BCUT2D eigenvalue weighted by Gasteiger charge is -2.40. The van der Waals surface area contributed by atoms with E-state index in [-0.39, 0.29) is 21.7 Å². The first-order valence-electron chi connectivity index (χ1n) is 8.66. The van der Waals surface area contributed by atoms with Gasteiger partial charge >= 0.3 is 0 Å². The molecule has 0 radical (unpaired) electrons. The Hall–Kier alpha value is -0.780. The fraction of sp³-hybridized carbons (Fsp3) is 0.727. The normalized spacial score (nSPS) is 14.4. The molecule has 0 saturated heterocycles. The molecular weight excluding hydrogens is 264 g/mol. The number of rotatable bonds is 0. The van der Waals surface area contributed by atoms with Gasteiger partial charge in [0, 0.05) is 0 Å². The van der Waals surface area contributed by atoms with Gasteiger partial charge in [-0.05, 0) is 43.9 Å². The Morgan fingerprint density at radius 3 is 0.773 bits per heavy atom. The highest BCUT2D eigenvalue weighted by Crippen LogP contribution is 2.45. The molecule has 1 rings (SSSR count). The highest BCUT2D eigenvalue weighted by molar-refractivity contribution is 5.52. The first-order chi connectivity index (χ1) is 9.47. The summed E-state index contributed by atoms with van der Waals surface area (Å²) in [6, 6.07) is 4.77. The van der Waals surface area contributed by atoms with Crippen molar-refractivity contribution in [3.05, 3.63) is 34.4 Å². The SMILES string of the molecule is CC(C)(C)c1ccc(C(C)(C)C)c(C(C)(C)C)c1C(C)(C)C. The van der Waals surface area contributed by atoms with Crippen LogP contribution < -0.4 is 0 Å². The Kier molecular flexibility index (Phi) is 4.72. The Bertz CT molecular complexity index is 481. The van der Waals surface area contributed by atoms with Crippen LogP contribution in [0.1, 0.15) is 105 Å². The number of benzene rings is 1. The van der Waals surface area contributed by atoms with Crippen LogP contribution >= 0.6 is 0 Å². The summed E-state index contributed by atoms with van der Waals surface area (Å²) in [5.41, 5.74) is 6.73. The van der Waals surface area contributed by atoms with Gasteiger partial charge in [-0.1, -0.05) is 95.2 Å². The monoisotopic (exact) mass is 302 g/mol. The van der Waals surface area contributed by atoms with Crippen LogP contribution in [0.4, 0.5) is 0 Å². The maximum Gasteiger partial charge on any atom is -0.0126 e. The predicted octanol–water partition coefficient (Wildman–Crippen LogP) is 6.88. The highest BCUT2D eigenvalue weighted by atomic mass is 14.4. The number of hydrogen-bond acceptors (Lipinski definition) is 0. The van der Waals surface area contributed by atoms with Crippen molar-refractivity contribution in [1.82, 2.24) is 0 Å².